The van der Waals surface area contributed by atoms with Crippen LogP contribution in [0.3, 0.4) is 0 Å². The Balaban J connectivity index is 1.34. The average molecular weight is 568 g/mol. The van der Waals surface area contributed by atoms with Crippen molar-refractivity contribution in [1.82, 2.24) is 10.3 Å². The van der Waals surface area contributed by atoms with Crippen LogP contribution in [0.25, 0.3) is 11.3 Å². The van der Waals surface area contributed by atoms with Crippen molar-refractivity contribution in [2.45, 2.75) is 19.0 Å². The molecular formula is C32H26ClN3O3S. The quantitative estimate of drug-likeness (QED) is 0.198. The maximum Gasteiger partial charge on any atom is 0.174 e. The molecule has 1 aliphatic rings. The van der Waals surface area contributed by atoms with Crippen LogP contribution in [0.2, 0.25) is 5.02 Å². The summed E-state index contributed by atoms with van der Waals surface area (Å²) in [6.45, 7) is 1.99. The molecule has 0 aliphatic carbocycles. The number of thiocarbonyl (C=S) groups is 1. The molecule has 40 heavy (non-hydrogen) atoms. The average Bonchev–Trinajstić information content (AvgIpc) is 3.60. The summed E-state index contributed by atoms with van der Waals surface area (Å²) in [5, 5.41) is 4.76. The smallest absolute Gasteiger partial charge is 0.174 e. The normalized spacial score (nSPS) is 16.6. The number of nitrogens with one attached hydrogen (secondary N) is 1. The number of ether oxygens (including phenoxy) is 2. The van der Waals surface area contributed by atoms with Crippen molar-refractivity contribution in [1.29, 1.82) is 0 Å². The summed E-state index contributed by atoms with van der Waals surface area (Å²) in [4.78, 5) is 6.69. The number of furan rings is 1. The molecule has 3 heterocycles. The van der Waals surface area contributed by atoms with E-state index >= 15 is 0 Å². The molecule has 3 aromatic carbocycles. The molecule has 0 radical (unpaired) electrons. The number of methoxy groups -OCH3 is 1. The first-order valence-electron chi connectivity index (χ1n) is 12.8. The van der Waals surface area contributed by atoms with E-state index in [-0.39, 0.29) is 12.1 Å². The van der Waals surface area contributed by atoms with E-state index in [4.69, 9.17) is 37.7 Å². The van der Waals surface area contributed by atoms with Crippen LogP contribution in [-0.4, -0.2) is 17.2 Å². The Bertz CT molecular complexity index is 1640. The lowest BCUT2D eigenvalue weighted by Gasteiger charge is -2.26. The highest BCUT2D eigenvalue weighted by Gasteiger charge is 2.42. The van der Waals surface area contributed by atoms with Crippen molar-refractivity contribution in [3.8, 4) is 28.6 Å². The molecule has 6 rings (SSSR count). The lowest BCUT2D eigenvalue weighted by molar-refractivity contribution is 0.413. The second-order valence-electron chi connectivity index (χ2n) is 9.38. The van der Waals surface area contributed by atoms with Crippen LogP contribution in [0.1, 0.15) is 29.1 Å². The molecule has 0 bridgehead atoms. The molecular weight excluding hydrogens is 542 g/mol. The highest BCUT2D eigenvalue weighted by Crippen LogP contribution is 2.43. The zero-order valence-electron chi connectivity index (χ0n) is 21.9. The highest BCUT2D eigenvalue weighted by atomic mass is 35.5. The number of benzene rings is 3. The molecule has 5 aromatic rings. The molecule has 1 fully saturated rings. The van der Waals surface area contributed by atoms with E-state index in [0.29, 0.717) is 15.9 Å². The van der Waals surface area contributed by atoms with Crippen molar-refractivity contribution < 1.29 is 13.9 Å². The van der Waals surface area contributed by atoms with E-state index < -0.39 is 0 Å². The molecule has 200 valence electrons. The molecule has 0 unspecified atom stereocenters. The number of hydrogen-bond donors (Lipinski definition) is 1. The van der Waals surface area contributed by atoms with Crippen molar-refractivity contribution in [2.24, 2.45) is 0 Å². The van der Waals surface area contributed by atoms with Crippen LogP contribution in [0.4, 0.5) is 5.69 Å². The van der Waals surface area contributed by atoms with Gasteiger partial charge in [0.2, 0.25) is 0 Å². The Morgan fingerprint density at radius 3 is 2.30 bits per heavy atom. The SMILES string of the molecule is COc1ccc(Oc2ccc(N3C(=S)N[C@H](c4ccccn4)[C@@H]3c3ccc(-c4cccc(Cl)c4C)o3)cc2)cc1. The molecule has 2 aromatic heterocycles. The van der Waals surface area contributed by atoms with E-state index in [1.807, 2.05) is 104 Å². The fourth-order valence-electron chi connectivity index (χ4n) is 4.91. The molecule has 6 nitrogen and oxygen atoms in total. The van der Waals surface area contributed by atoms with Crippen LogP contribution < -0.4 is 19.7 Å². The maximum absolute atomic E-state index is 6.50. The zero-order chi connectivity index (χ0) is 27.6. The van der Waals surface area contributed by atoms with Crippen LogP contribution >= 0.6 is 23.8 Å². The number of rotatable bonds is 7. The number of anilines is 1. The van der Waals surface area contributed by atoms with Gasteiger partial charge in [-0.25, -0.2) is 0 Å². The summed E-state index contributed by atoms with van der Waals surface area (Å²) in [6, 6.07) is 30.5. The Kier molecular flexibility index (Phi) is 7.15. The van der Waals surface area contributed by atoms with E-state index in [0.717, 1.165) is 45.5 Å². The minimum atomic E-state index is -0.274. The van der Waals surface area contributed by atoms with Crippen molar-refractivity contribution in [3.63, 3.8) is 0 Å². The first kappa shape index (κ1) is 25.9. The van der Waals surface area contributed by atoms with Crippen LogP contribution in [0.5, 0.6) is 17.2 Å². The van der Waals surface area contributed by atoms with Crippen LogP contribution in [0.15, 0.2) is 108 Å². The topological polar surface area (TPSA) is 59.8 Å². The van der Waals surface area contributed by atoms with Gasteiger partial charge in [0.25, 0.3) is 0 Å². The van der Waals surface area contributed by atoms with Crippen molar-refractivity contribution in [2.75, 3.05) is 12.0 Å². The summed E-state index contributed by atoms with van der Waals surface area (Å²) in [6.07, 6.45) is 1.79. The zero-order valence-corrected chi connectivity index (χ0v) is 23.4. The fraction of sp³-hybridized carbons (Fsp3) is 0.125. The summed E-state index contributed by atoms with van der Waals surface area (Å²) in [5.41, 5.74) is 3.69. The fourth-order valence-corrected chi connectivity index (χ4v) is 5.43. The summed E-state index contributed by atoms with van der Waals surface area (Å²) >= 11 is 12.3. The van der Waals surface area contributed by atoms with Gasteiger partial charge in [-0.2, -0.15) is 0 Å². The third-order valence-corrected chi connectivity index (χ3v) is 7.68. The monoisotopic (exact) mass is 567 g/mol. The lowest BCUT2D eigenvalue weighted by atomic mass is 10.0. The van der Waals surface area contributed by atoms with Gasteiger partial charge in [0.05, 0.1) is 18.8 Å². The van der Waals surface area contributed by atoms with Crippen LogP contribution in [-0.2, 0) is 0 Å². The Morgan fingerprint density at radius 2 is 1.60 bits per heavy atom. The van der Waals surface area contributed by atoms with E-state index in [1.165, 1.54) is 0 Å². The molecule has 0 amide bonds. The van der Waals surface area contributed by atoms with Gasteiger partial charge in [-0.15, -0.1) is 0 Å². The number of nitrogens with zero attached hydrogens (tertiary/aromatic N) is 2. The lowest BCUT2D eigenvalue weighted by Crippen LogP contribution is -2.29. The van der Waals surface area contributed by atoms with Gasteiger partial charge in [0, 0.05) is 22.5 Å². The van der Waals surface area contributed by atoms with Crippen molar-refractivity contribution in [3.05, 3.63) is 125 Å². The van der Waals surface area contributed by atoms with E-state index in [1.54, 1.807) is 13.3 Å². The number of halogens is 1. The second-order valence-corrected chi connectivity index (χ2v) is 10.2. The standard InChI is InChI=1S/C32H26ClN3O3S/c1-20-25(6-5-7-26(20)33)28-17-18-29(39-28)31-30(27-8-3-4-19-34-27)35-32(40)36(31)21-9-11-23(12-10-21)38-24-15-13-22(37-2)14-16-24/h3-19,30-31H,1-2H3,(H,35,40)/t30-,31+/m1/s1. The van der Waals surface area contributed by atoms with Gasteiger partial charge in [-0.05, 0) is 104 Å². The predicted molar refractivity (Wildman–Crippen MR) is 161 cm³/mol. The van der Waals surface area contributed by atoms with Crippen LogP contribution in [0, 0.1) is 6.92 Å². The molecule has 2 atom stereocenters. The first-order valence-corrected chi connectivity index (χ1v) is 13.6. The predicted octanol–water partition coefficient (Wildman–Crippen LogP) is 8.28. The summed E-state index contributed by atoms with van der Waals surface area (Å²) in [5.74, 6) is 3.71. The van der Waals surface area contributed by atoms with Gasteiger partial charge in [-0.3, -0.25) is 4.98 Å². The Labute approximate surface area is 243 Å². The minimum Gasteiger partial charge on any atom is -0.497 e. The molecule has 1 N–H and O–H groups in total. The first-order chi connectivity index (χ1) is 19.5. The largest absolute Gasteiger partial charge is 0.497 e. The van der Waals surface area contributed by atoms with Gasteiger partial charge in [0.1, 0.15) is 34.8 Å². The number of hydrogen-bond acceptors (Lipinski definition) is 5. The second kappa shape index (κ2) is 11.0. The maximum atomic E-state index is 6.50. The van der Waals surface area contributed by atoms with Gasteiger partial charge < -0.3 is 24.1 Å². The van der Waals surface area contributed by atoms with Crippen molar-refractivity contribution >= 4 is 34.6 Å². The van der Waals surface area contributed by atoms with Gasteiger partial charge >= 0.3 is 0 Å². The Hall–Kier alpha value is -4.33. The number of pyridine rings is 1. The summed E-state index contributed by atoms with van der Waals surface area (Å²) in [7, 11) is 1.64. The number of aromatic nitrogens is 1. The Morgan fingerprint density at radius 1 is 0.875 bits per heavy atom. The third-order valence-electron chi connectivity index (χ3n) is 6.96. The van der Waals surface area contributed by atoms with Gasteiger partial charge in [-0.1, -0.05) is 29.8 Å². The minimum absolute atomic E-state index is 0.219. The molecule has 8 heteroatoms. The van der Waals surface area contributed by atoms with E-state index in [9.17, 15) is 0 Å². The summed E-state index contributed by atoms with van der Waals surface area (Å²) < 4.78 is 17.8. The highest BCUT2D eigenvalue weighted by molar-refractivity contribution is 7.80. The van der Waals surface area contributed by atoms with E-state index in [2.05, 4.69) is 15.2 Å². The van der Waals surface area contributed by atoms with Gasteiger partial charge in [0.15, 0.2) is 5.11 Å². The molecule has 1 saturated heterocycles. The molecule has 0 saturated carbocycles. The third kappa shape index (κ3) is 5.01. The molecule has 1 aliphatic heterocycles. The molecule has 0 spiro atoms.